The summed E-state index contributed by atoms with van der Waals surface area (Å²) >= 11 is 0. The Labute approximate surface area is 190 Å². The smallest absolute Gasteiger partial charge is 0.216 e. The summed E-state index contributed by atoms with van der Waals surface area (Å²) in [6.45, 7) is 1.92. The largest absolute Gasteiger partial charge is 0.396 e. The van der Waals surface area contributed by atoms with Crippen LogP contribution in [0, 0.1) is 0 Å². The Morgan fingerprint density at radius 2 is 1.78 bits per heavy atom. The van der Waals surface area contributed by atoms with Gasteiger partial charge in [0.2, 0.25) is 10.0 Å². The van der Waals surface area contributed by atoms with Gasteiger partial charge in [-0.05, 0) is 60.4 Å². The van der Waals surface area contributed by atoms with Gasteiger partial charge in [0.25, 0.3) is 0 Å². The second kappa shape index (κ2) is 10.6. The molecule has 0 saturated carbocycles. The summed E-state index contributed by atoms with van der Waals surface area (Å²) in [7, 11) is -3.30. The molecule has 6 nitrogen and oxygen atoms in total. The summed E-state index contributed by atoms with van der Waals surface area (Å²) in [5.41, 5.74) is 4.79. The van der Waals surface area contributed by atoms with Crippen LogP contribution in [0.4, 0.5) is 0 Å². The van der Waals surface area contributed by atoms with Crippen LogP contribution in [0.3, 0.4) is 0 Å². The van der Waals surface area contributed by atoms with Crippen LogP contribution in [0.15, 0.2) is 54.7 Å². The molecule has 2 N–H and O–H groups in total. The number of hydrogen-bond donors (Lipinski definition) is 2. The first-order valence-corrected chi connectivity index (χ1v) is 13.0. The lowest BCUT2D eigenvalue weighted by Gasteiger charge is -2.31. The van der Waals surface area contributed by atoms with E-state index in [0.29, 0.717) is 32.0 Å². The van der Waals surface area contributed by atoms with Crippen LogP contribution in [0.25, 0.3) is 22.0 Å². The summed E-state index contributed by atoms with van der Waals surface area (Å²) < 4.78 is 32.4. The molecular weight excluding hydrogens is 424 g/mol. The summed E-state index contributed by atoms with van der Waals surface area (Å²) in [6.07, 6.45) is 5.16. The first kappa shape index (κ1) is 23.0. The van der Waals surface area contributed by atoms with Gasteiger partial charge in [-0.25, -0.2) is 12.7 Å². The predicted molar refractivity (Wildman–Crippen MR) is 128 cm³/mol. The fraction of sp³-hybridized carbons (Fsp3) is 0.440. The minimum Gasteiger partial charge on any atom is -0.396 e. The molecule has 1 aliphatic heterocycles. The van der Waals surface area contributed by atoms with Crippen LogP contribution >= 0.6 is 0 Å². The number of ether oxygens (including phenoxy) is 1. The molecule has 1 fully saturated rings. The number of aromatic nitrogens is 1. The second-order valence-electron chi connectivity index (χ2n) is 8.40. The number of aliphatic hydroxyl groups is 1. The number of sulfonamides is 1. The molecule has 172 valence electrons. The number of nitrogens with zero attached hydrogens (tertiary/aromatic N) is 1. The SMILES string of the molecule is O=S(=O)(CCOCCCCO)N1CCC(c2c[nH]c3ccc(-c4ccccc4)cc23)CC1. The van der Waals surface area contributed by atoms with Gasteiger partial charge in [0.15, 0.2) is 0 Å². The normalized spacial score (nSPS) is 16.0. The molecule has 7 heteroatoms. The van der Waals surface area contributed by atoms with Crippen LogP contribution in [0.2, 0.25) is 0 Å². The zero-order chi connectivity index (χ0) is 22.4. The van der Waals surface area contributed by atoms with Crippen molar-refractivity contribution >= 4 is 20.9 Å². The zero-order valence-electron chi connectivity index (χ0n) is 18.4. The van der Waals surface area contributed by atoms with Gasteiger partial charge in [-0.3, -0.25) is 0 Å². The summed E-state index contributed by atoms with van der Waals surface area (Å²) in [4.78, 5) is 3.39. The summed E-state index contributed by atoms with van der Waals surface area (Å²) in [5, 5.41) is 10.0. The van der Waals surface area contributed by atoms with Gasteiger partial charge in [-0.1, -0.05) is 36.4 Å². The molecule has 0 unspecified atom stereocenters. The van der Waals surface area contributed by atoms with E-state index in [1.807, 2.05) is 18.2 Å². The number of H-pyrrole nitrogens is 1. The standard InChI is InChI=1S/C25H32N2O4S/c28-14-4-5-15-31-16-17-32(29,30)27-12-10-21(11-13-27)24-19-26-25-9-8-22(18-23(24)25)20-6-2-1-3-7-20/h1-3,6-9,18-19,21,26,28H,4-5,10-17H2. The minimum absolute atomic E-state index is 0.0182. The number of unbranched alkanes of at least 4 members (excludes halogenated alkanes) is 1. The van der Waals surface area contributed by atoms with E-state index >= 15 is 0 Å². The number of aromatic amines is 1. The molecular formula is C25H32N2O4S. The third kappa shape index (κ3) is 5.41. The molecule has 3 aromatic rings. The Bertz CT molecular complexity index is 1100. The molecule has 32 heavy (non-hydrogen) atoms. The number of hydrogen-bond acceptors (Lipinski definition) is 4. The summed E-state index contributed by atoms with van der Waals surface area (Å²) in [6, 6.07) is 16.9. The lowest BCUT2D eigenvalue weighted by Crippen LogP contribution is -2.40. The minimum atomic E-state index is -3.30. The van der Waals surface area contributed by atoms with E-state index in [0.717, 1.165) is 24.8 Å². The molecule has 1 saturated heterocycles. The molecule has 0 radical (unpaired) electrons. The van der Waals surface area contributed by atoms with Gasteiger partial charge < -0.3 is 14.8 Å². The molecule has 1 aromatic heterocycles. The van der Waals surface area contributed by atoms with Crippen molar-refractivity contribution in [1.82, 2.24) is 9.29 Å². The number of nitrogens with one attached hydrogen (secondary N) is 1. The molecule has 2 heterocycles. The maximum absolute atomic E-state index is 12.7. The Morgan fingerprint density at radius 3 is 2.53 bits per heavy atom. The molecule has 0 amide bonds. The van der Waals surface area contributed by atoms with Gasteiger partial charge in [0, 0.05) is 43.4 Å². The maximum atomic E-state index is 12.7. The van der Waals surface area contributed by atoms with E-state index in [4.69, 9.17) is 9.84 Å². The zero-order valence-corrected chi connectivity index (χ0v) is 19.2. The second-order valence-corrected chi connectivity index (χ2v) is 10.5. The lowest BCUT2D eigenvalue weighted by molar-refractivity contribution is 0.137. The summed E-state index contributed by atoms with van der Waals surface area (Å²) in [5.74, 6) is 0.362. The topological polar surface area (TPSA) is 82.6 Å². The van der Waals surface area contributed by atoms with Crippen molar-refractivity contribution in [3.63, 3.8) is 0 Å². The molecule has 2 aromatic carbocycles. The van der Waals surface area contributed by atoms with Crippen molar-refractivity contribution in [3.8, 4) is 11.1 Å². The quantitative estimate of drug-likeness (QED) is 0.449. The Morgan fingerprint density at radius 1 is 1.00 bits per heavy atom. The molecule has 0 aliphatic carbocycles. The average molecular weight is 457 g/mol. The van der Waals surface area contributed by atoms with Crippen molar-refractivity contribution in [2.24, 2.45) is 0 Å². The van der Waals surface area contributed by atoms with E-state index in [1.165, 1.54) is 22.1 Å². The van der Waals surface area contributed by atoms with Crippen molar-refractivity contribution in [3.05, 3.63) is 60.3 Å². The number of fused-ring (bicyclic) bond motifs is 1. The Hall–Kier alpha value is -2.19. The number of aliphatic hydroxyl groups excluding tert-OH is 1. The third-order valence-corrected chi connectivity index (χ3v) is 8.12. The number of benzene rings is 2. The highest BCUT2D eigenvalue weighted by Crippen LogP contribution is 2.35. The van der Waals surface area contributed by atoms with Gasteiger partial charge >= 0.3 is 0 Å². The van der Waals surface area contributed by atoms with Crippen LogP contribution in [0.1, 0.15) is 37.2 Å². The van der Waals surface area contributed by atoms with Crippen LogP contribution in [0.5, 0.6) is 0 Å². The van der Waals surface area contributed by atoms with Gasteiger partial charge in [-0.15, -0.1) is 0 Å². The van der Waals surface area contributed by atoms with Crippen molar-refractivity contribution in [2.45, 2.75) is 31.6 Å². The Balaban J connectivity index is 1.38. The molecule has 0 atom stereocenters. The molecule has 0 spiro atoms. The van der Waals surface area contributed by atoms with E-state index in [2.05, 4.69) is 41.5 Å². The predicted octanol–water partition coefficient (Wildman–Crippen LogP) is 4.13. The monoisotopic (exact) mass is 456 g/mol. The first-order valence-electron chi connectivity index (χ1n) is 11.4. The first-order chi connectivity index (χ1) is 15.6. The van der Waals surface area contributed by atoms with E-state index in [1.54, 1.807) is 4.31 Å². The van der Waals surface area contributed by atoms with Crippen LogP contribution < -0.4 is 0 Å². The lowest BCUT2D eigenvalue weighted by atomic mass is 9.89. The highest BCUT2D eigenvalue weighted by Gasteiger charge is 2.29. The van der Waals surface area contributed by atoms with Gasteiger partial charge in [0.1, 0.15) is 0 Å². The van der Waals surface area contributed by atoms with Crippen LogP contribution in [-0.4, -0.2) is 61.5 Å². The van der Waals surface area contributed by atoms with Crippen LogP contribution in [-0.2, 0) is 14.8 Å². The number of piperidine rings is 1. The van der Waals surface area contributed by atoms with Crippen molar-refractivity contribution in [2.75, 3.05) is 38.7 Å². The van der Waals surface area contributed by atoms with E-state index in [-0.39, 0.29) is 19.0 Å². The molecule has 4 rings (SSSR count). The average Bonchev–Trinajstić information content (AvgIpc) is 3.25. The van der Waals surface area contributed by atoms with E-state index < -0.39 is 10.0 Å². The van der Waals surface area contributed by atoms with E-state index in [9.17, 15) is 8.42 Å². The fourth-order valence-corrected chi connectivity index (χ4v) is 5.80. The highest BCUT2D eigenvalue weighted by molar-refractivity contribution is 7.89. The van der Waals surface area contributed by atoms with Gasteiger partial charge in [-0.2, -0.15) is 0 Å². The van der Waals surface area contributed by atoms with Crippen molar-refractivity contribution in [1.29, 1.82) is 0 Å². The number of rotatable bonds is 10. The van der Waals surface area contributed by atoms with Crippen molar-refractivity contribution < 1.29 is 18.3 Å². The molecule has 0 bridgehead atoms. The van der Waals surface area contributed by atoms with Gasteiger partial charge in [0.05, 0.1) is 12.4 Å². The third-order valence-electron chi connectivity index (χ3n) is 6.29. The maximum Gasteiger partial charge on any atom is 0.216 e. The Kier molecular flexibility index (Phi) is 7.63. The molecule has 1 aliphatic rings. The highest BCUT2D eigenvalue weighted by atomic mass is 32.2. The fourth-order valence-electron chi connectivity index (χ4n) is 4.45.